The molecule has 1 aromatic carbocycles. The molecule has 43 heavy (non-hydrogen) atoms. The molecule has 0 aromatic heterocycles. The molecule has 10 atom stereocenters. The summed E-state index contributed by atoms with van der Waals surface area (Å²) in [5.41, 5.74) is 0.746. The number of hydrogen-bond donors (Lipinski definition) is 0. The van der Waals surface area contributed by atoms with Crippen LogP contribution in [0.25, 0.3) is 0 Å². The minimum atomic E-state index is -4.75. The molecule has 4 fully saturated rings. The maximum atomic E-state index is 13.4. The maximum Gasteiger partial charge on any atom is 1.00 e. The number of rotatable bonds is 9. The first-order valence-electron chi connectivity index (χ1n) is 16.1. The largest absolute Gasteiger partial charge is 1.00 e. The quantitative estimate of drug-likeness (QED) is 0.174. The van der Waals surface area contributed by atoms with Gasteiger partial charge in [0.15, 0.2) is 0 Å². The van der Waals surface area contributed by atoms with E-state index in [0.717, 1.165) is 44.9 Å². The summed E-state index contributed by atoms with van der Waals surface area (Å²) in [5.74, 6) is 2.17. The van der Waals surface area contributed by atoms with Crippen molar-refractivity contribution in [2.45, 2.75) is 111 Å². The van der Waals surface area contributed by atoms with Crippen LogP contribution in [0.3, 0.4) is 0 Å². The van der Waals surface area contributed by atoms with Crippen molar-refractivity contribution in [2.75, 3.05) is 0 Å². The van der Waals surface area contributed by atoms with Gasteiger partial charge in [-0.1, -0.05) is 52.8 Å². The van der Waals surface area contributed by atoms with E-state index >= 15 is 0 Å². The van der Waals surface area contributed by atoms with Gasteiger partial charge in [0.05, 0.1) is 11.7 Å². The van der Waals surface area contributed by atoms with Gasteiger partial charge in [0.1, 0.15) is 11.9 Å². The van der Waals surface area contributed by atoms with Crippen molar-refractivity contribution in [3.05, 3.63) is 35.9 Å². The van der Waals surface area contributed by atoms with Gasteiger partial charge in [-0.25, -0.2) is 13.2 Å². The Kier molecular flexibility index (Phi) is 11.6. The minimum absolute atomic E-state index is 0. The van der Waals surface area contributed by atoms with Crippen molar-refractivity contribution in [1.29, 1.82) is 0 Å². The molecule has 234 valence electrons. The Balaban J connectivity index is 0.00000423. The van der Waals surface area contributed by atoms with Gasteiger partial charge < -0.3 is 9.29 Å². The normalized spacial score (nSPS) is 37.0. The Morgan fingerprint density at radius 3 is 2.33 bits per heavy atom. The molecule has 0 radical (unpaired) electrons. The number of ether oxygens (including phenoxy) is 1. The summed E-state index contributed by atoms with van der Waals surface area (Å²) in [6, 6.07) is 9.23. The van der Waals surface area contributed by atoms with E-state index in [-0.39, 0.29) is 92.0 Å². The van der Waals surface area contributed by atoms with Gasteiger partial charge in [-0.3, -0.25) is 8.98 Å². The van der Waals surface area contributed by atoms with Crippen LogP contribution in [0.15, 0.2) is 30.3 Å². The van der Waals surface area contributed by atoms with E-state index in [0.29, 0.717) is 54.3 Å². The second-order valence-electron chi connectivity index (χ2n) is 14.9. The molecule has 9 heteroatoms. The van der Waals surface area contributed by atoms with Gasteiger partial charge in [-0.05, 0) is 110 Å². The summed E-state index contributed by atoms with van der Waals surface area (Å²) in [7, 11) is -4.75. The van der Waals surface area contributed by atoms with Crippen LogP contribution in [-0.4, -0.2) is 36.9 Å². The first-order valence-corrected chi connectivity index (χ1v) is 17.5. The first kappa shape index (κ1) is 35.7. The van der Waals surface area contributed by atoms with Crippen LogP contribution < -0.4 is 51.4 Å². The summed E-state index contributed by atoms with van der Waals surface area (Å²) >= 11 is 0. The molecule has 0 unspecified atom stereocenters. The van der Waals surface area contributed by atoms with Crippen LogP contribution >= 0.6 is 0 Å². The van der Waals surface area contributed by atoms with Crippen LogP contribution in [-0.2, 0) is 24.1 Å². The molecule has 0 amide bonds. The zero-order valence-electron chi connectivity index (χ0n) is 26.9. The van der Waals surface area contributed by atoms with E-state index in [4.69, 9.17) is 8.92 Å². The van der Waals surface area contributed by atoms with Crippen molar-refractivity contribution in [2.24, 2.45) is 52.3 Å². The molecule has 4 aliphatic rings. The number of ketones is 1. The van der Waals surface area contributed by atoms with E-state index in [1.165, 1.54) is 0 Å². The zero-order chi connectivity index (χ0) is 30.4. The fourth-order valence-electron chi connectivity index (χ4n) is 10.1. The van der Waals surface area contributed by atoms with Gasteiger partial charge in [-0.15, -0.1) is 0 Å². The van der Waals surface area contributed by atoms with Crippen molar-refractivity contribution >= 4 is 22.2 Å². The standard InChI is InChI=1S/C34H50O7S.K/c1-21(2)29(41-42(37,38)39)14-11-22(3)26-12-13-27-31-28(16-18-34(26,27)5)33(4)17-15-25(35)19-24(33)20-30(31)40-32(36)23-9-7-6-8-10-23;/h6-10,21-22,24,26-31H,11-20H2,1-5H3,(H,37,38,39);/q;+1/p-1/t22-,24-,26-,27+,28+,29-,30-,31+,33+,34-;/m1./s1. The number of carbonyl (C=O) groups is 2. The number of hydrogen-bond acceptors (Lipinski definition) is 7. The van der Waals surface area contributed by atoms with Crippen molar-refractivity contribution in [3.63, 3.8) is 0 Å². The van der Waals surface area contributed by atoms with Gasteiger partial charge in [0, 0.05) is 18.8 Å². The average molecular weight is 641 g/mol. The fourth-order valence-corrected chi connectivity index (χ4v) is 10.8. The third kappa shape index (κ3) is 7.39. The summed E-state index contributed by atoms with van der Waals surface area (Å²) in [6.07, 6.45) is 7.84. The number of benzene rings is 1. The molecule has 0 bridgehead atoms. The Morgan fingerprint density at radius 1 is 1.00 bits per heavy atom. The summed E-state index contributed by atoms with van der Waals surface area (Å²) in [4.78, 5) is 26.0. The van der Waals surface area contributed by atoms with Gasteiger partial charge in [0.2, 0.25) is 10.4 Å². The Labute approximate surface area is 301 Å². The molecule has 0 spiro atoms. The number of fused-ring (bicyclic) bond motifs is 5. The SMILES string of the molecule is CC(C)[C@@H](CC[C@@H](C)[C@H]1CC[C@H]2[C@@H]3[C@H](OC(=O)c4ccccc4)C[C@H]4CC(=O)CC[C@]4(C)[C@H]3CC[C@]12C)OS(=O)(=O)[O-].[K+]. The van der Waals surface area contributed by atoms with Gasteiger partial charge in [0.25, 0.3) is 0 Å². The predicted molar refractivity (Wildman–Crippen MR) is 159 cm³/mol. The van der Waals surface area contributed by atoms with E-state index in [9.17, 15) is 22.6 Å². The second-order valence-corrected chi connectivity index (χ2v) is 15.9. The molecule has 0 N–H and O–H groups in total. The van der Waals surface area contributed by atoms with E-state index < -0.39 is 16.5 Å². The average Bonchev–Trinajstić information content (AvgIpc) is 3.28. The van der Waals surface area contributed by atoms with E-state index in [2.05, 4.69) is 20.8 Å². The third-order valence-electron chi connectivity index (χ3n) is 12.4. The second kappa shape index (κ2) is 13.9. The van der Waals surface area contributed by atoms with Crippen molar-refractivity contribution in [3.8, 4) is 0 Å². The molecule has 0 saturated heterocycles. The molecule has 4 aliphatic carbocycles. The first-order chi connectivity index (χ1) is 19.7. The molecule has 5 rings (SSSR count). The Morgan fingerprint density at radius 2 is 1.67 bits per heavy atom. The number of esters is 1. The summed E-state index contributed by atoms with van der Waals surface area (Å²) in [6.45, 7) is 10.9. The summed E-state index contributed by atoms with van der Waals surface area (Å²) in [5, 5.41) is 0. The Hall–Kier alpha value is -0.134. The van der Waals surface area contributed by atoms with Crippen LogP contribution in [0.4, 0.5) is 0 Å². The van der Waals surface area contributed by atoms with Crippen molar-refractivity contribution < 1.29 is 82.9 Å². The van der Waals surface area contributed by atoms with Gasteiger partial charge in [-0.2, -0.15) is 0 Å². The van der Waals surface area contributed by atoms with E-state index in [1.807, 2.05) is 32.0 Å². The van der Waals surface area contributed by atoms with Gasteiger partial charge >= 0.3 is 57.4 Å². The molecule has 0 aliphatic heterocycles. The molecular weight excluding hydrogens is 592 g/mol. The summed E-state index contributed by atoms with van der Waals surface area (Å²) < 4.78 is 45.3. The zero-order valence-corrected chi connectivity index (χ0v) is 30.9. The predicted octanol–water partition coefficient (Wildman–Crippen LogP) is 3.97. The monoisotopic (exact) mass is 640 g/mol. The van der Waals surface area contributed by atoms with Crippen LogP contribution in [0.1, 0.15) is 109 Å². The van der Waals surface area contributed by atoms with Crippen LogP contribution in [0, 0.1) is 52.3 Å². The molecule has 7 nitrogen and oxygen atoms in total. The van der Waals surface area contributed by atoms with Crippen LogP contribution in [0.5, 0.6) is 0 Å². The smallest absolute Gasteiger partial charge is 0.726 e. The molecular formula is C34H49KO7S. The van der Waals surface area contributed by atoms with Crippen LogP contribution in [0.2, 0.25) is 0 Å². The minimum Gasteiger partial charge on any atom is -0.726 e. The maximum absolute atomic E-state index is 13.4. The topological polar surface area (TPSA) is 110 Å². The molecule has 1 aromatic rings. The molecule has 0 heterocycles. The fraction of sp³-hybridized carbons (Fsp3) is 0.765. The van der Waals surface area contributed by atoms with Crippen molar-refractivity contribution in [1.82, 2.24) is 0 Å². The third-order valence-corrected chi connectivity index (χ3v) is 12.9. The number of carbonyl (C=O) groups excluding carboxylic acids is 2. The van der Waals surface area contributed by atoms with E-state index in [1.54, 1.807) is 12.1 Å². The number of Topliss-reactive ketones (excluding diaryl/α,β-unsaturated/α-hetero) is 1. The molecule has 4 saturated carbocycles. The Bertz CT molecular complexity index is 1250.